The Morgan fingerprint density at radius 2 is 1.50 bits per heavy atom. The monoisotopic (exact) mass is 265 g/mol. The van der Waals surface area contributed by atoms with E-state index in [1.165, 1.54) is 29.5 Å². The van der Waals surface area contributed by atoms with Gasteiger partial charge in [-0.05, 0) is 48.4 Å². The van der Waals surface area contributed by atoms with Crippen LogP contribution in [0.4, 0.5) is 0 Å². The Morgan fingerprint density at radius 3 is 2.05 bits per heavy atom. The second-order valence-electron chi connectivity index (χ2n) is 5.95. The van der Waals surface area contributed by atoms with Crippen LogP contribution in [-0.2, 0) is 0 Å². The van der Waals surface area contributed by atoms with Gasteiger partial charge >= 0.3 is 0 Å². The molecule has 0 aliphatic heterocycles. The summed E-state index contributed by atoms with van der Waals surface area (Å²) in [6.07, 6.45) is 2.81. The van der Waals surface area contributed by atoms with Crippen molar-refractivity contribution in [1.29, 1.82) is 0 Å². The number of hydrogen-bond acceptors (Lipinski definition) is 1. The van der Waals surface area contributed by atoms with E-state index in [-0.39, 0.29) is 0 Å². The molecule has 20 heavy (non-hydrogen) atoms. The van der Waals surface area contributed by atoms with Crippen molar-refractivity contribution in [2.24, 2.45) is 11.8 Å². The van der Waals surface area contributed by atoms with Crippen LogP contribution in [-0.4, -0.2) is 7.05 Å². The Labute approximate surface area is 122 Å². The van der Waals surface area contributed by atoms with Crippen LogP contribution in [0.15, 0.2) is 54.6 Å². The van der Waals surface area contributed by atoms with Gasteiger partial charge in [0.15, 0.2) is 0 Å². The lowest BCUT2D eigenvalue weighted by Crippen LogP contribution is -2.24. The first-order valence-electron chi connectivity index (χ1n) is 7.62. The lowest BCUT2D eigenvalue weighted by molar-refractivity contribution is 0.369. The molecule has 1 aliphatic carbocycles. The molecule has 3 rings (SSSR count). The first-order chi connectivity index (χ1) is 9.79. The van der Waals surface area contributed by atoms with E-state index in [0.29, 0.717) is 6.04 Å². The van der Waals surface area contributed by atoms with Crippen molar-refractivity contribution in [2.75, 3.05) is 7.05 Å². The molecule has 1 N–H and O–H groups in total. The molecule has 0 amide bonds. The Balaban J connectivity index is 1.81. The SMILES string of the molecule is CNC(c1ccc(-c2ccccc2)cc1)C(C)C1CC1. The minimum absolute atomic E-state index is 0.479. The van der Waals surface area contributed by atoms with Crippen LogP contribution < -0.4 is 5.32 Å². The normalized spacial score (nSPS) is 17.7. The Kier molecular flexibility index (Phi) is 3.88. The minimum Gasteiger partial charge on any atom is -0.313 e. The van der Waals surface area contributed by atoms with E-state index in [0.717, 1.165) is 11.8 Å². The fraction of sp³-hybridized carbons (Fsp3) is 0.368. The van der Waals surface area contributed by atoms with E-state index < -0.39 is 0 Å². The van der Waals surface area contributed by atoms with Crippen LogP contribution in [0.1, 0.15) is 31.4 Å². The van der Waals surface area contributed by atoms with Crippen molar-refractivity contribution in [3.63, 3.8) is 0 Å². The van der Waals surface area contributed by atoms with Crippen LogP contribution in [0, 0.1) is 11.8 Å². The molecule has 1 aliphatic rings. The number of rotatable bonds is 5. The van der Waals surface area contributed by atoms with E-state index in [1.54, 1.807) is 0 Å². The predicted octanol–water partition coefficient (Wildman–Crippen LogP) is 4.66. The highest BCUT2D eigenvalue weighted by Crippen LogP contribution is 2.42. The van der Waals surface area contributed by atoms with Gasteiger partial charge in [-0.2, -0.15) is 0 Å². The summed E-state index contributed by atoms with van der Waals surface area (Å²) in [4.78, 5) is 0. The maximum Gasteiger partial charge on any atom is 0.0346 e. The third-order valence-corrected chi connectivity index (χ3v) is 4.58. The fourth-order valence-corrected chi connectivity index (χ4v) is 3.14. The van der Waals surface area contributed by atoms with Crippen LogP contribution in [0.25, 0.3) is 11.1 Å². The van der Waals surface area contributed by atoms with Crippen molar-refractivity contribution < 1.29 is 0 Å². The molecule has 104 valence electrons. The van der Waals surface area contributed by atoms with E-state index >= 15 is 0 Å². The third kappa shape index (κ3) is 2.78. The first-order valence-corrected chi connectivity index (χ1v) is 7.62. The van der Waals surface area contributed by atoms with E-state index in [4.69, 9.17) is 0 Å². The van der Waals surface area contributed by atoms with Gasteiger partial charge in [-0.25, -0.2) is 0 Å². The zero-order valence-corrected chi connectivity index (χ0v) is 12.3. The maximum absolute atomic E-state index is 3.50. The molecule has 0 aromatic heterocycles. The van der Waals surface area contributed by atoms with Gasteiger partial charge in [0, 0.05) is 6.04 Å². The van der Waals surface area contributed by atoms with Gasteiger partial charge in [0.2, 0.25) is 0 Å². The molecule has 0 bridgehead atoms. The molecule has 2 unspecified atom stereocenters. The van der Waals surface area contributed by atoms with Crippen LogP contribution >= 0.6 is 0 Å². The highest BCUT2D eigenvalue weighted by molar-refractivity contribution is 5.63. The van der Waals surface area contributed by atoms with Crippen molar-refractivity contribution >= 4 is 0 Å². The highest BCUT2D eigenvalue weighted by atomic mass is 14.9. The third-order valence-electron chi connectivity index (χ3n) is 4.58. The molecule has 1 nitrogen and oxygen atoms in total. The second-order valence-corrected chi connectivity index (χ2v) is 5.95. The molecule has 0 spiro atoms. The minimum atomic E-state index is 0.479. The lowest BCUT2D eigenvalue weighted by atomic mass is 9.90. The molecular weight excluding hydrogens is 242 g/mol. The summed E-state index contributed by atoms with van der Waals surface area (Å²) in [5.41, 5.74) is 3.99. The fourth-order valence-electron chi connectivity index (χ4n) is 3.14. The second kappa shape index (κ2) is 5.80. The van der Waals surface area contributed by atoms with E-state index in [1.807, 2.05) is 0 Å². The quantitative estimate of drug-likeness (QED) is 0.829. The largest absolute Gasteiger partial charge is 0.313 e. The first kappa shape index (κ1) is 13.4. The molecule has 2 aromatic rings. The predicted molar refractivity (Wildman–Crippen MR) is 85.6 cm³/mol. The standard InChI is InChI=1S/C19H23N/c1-14(15-8-9-15)19(20-2)18-12-10-17(11-13-18)16-6-4-3-5-7-16/h3-7,10-15,19-20H,8-9H2,1-2H3. The van der Waals surface area contributed by atoms with E-state index in [9.17, 15) is 0 Å². The molecule has 1 heteroatoms. The van der Waals surface area contributed by atoms with Crippen LogP contribution in [0.3, 0.4) is 0 Å². The Bertz CT molecular complexity index is 540. The number of benzene rings is 2. The van der Waals surface area contributed by atoms with Gasteiger partial charge in [-0.15, -0.1) is 0 Å². The number of nitrogens with one attached hydrogen (secondary N) is 1. The summed E-state index contributed by atoms with van der Waals surface area (Å²) in [5, 5.41) is 3.50. The van der Waals surface area contributed by atoms with Gasteiger partial charge in [0.1, 0.15) is 0 Å². The molecule has 0 saturated heterocycles. The zero-order chi connectivity index (χ0) is 13.9. The summed E-state index contributed by atoms with van der Waals surface area (Å²) >= 11 is 0. The van der Waals surface area contributed by atoms with Gasteiger partial charge in [-0.3, -0.25) is 0 Å². The molecule has 0 radical (unpaired) electrons. The maximum atomic E-state index is 3.50. The summed E-state index contributed by atoms with van der Waals surface area (Å²) in [7, 11) is 2.08. The van der Waals surface area contributed by atoms with Gasteiger partial charge in [0.05, 0.1) is 0 Å². The van der Waals surface area contributed by atoms with E-state index in [2.05, 4.69) is 73.9 Å². The molecule has 1 fully saturated rings. The zero-order valence-electron chi connectivity index (χ0n) is 12.3. The summed E-state index contributed by atoms with van der Waals surface area (Å²) in [6, 6.07) is 20.1. The summed E-state index contributed by atoms with van der Waals surface area (Å²) in [5.74, 6) is 1.64. The smallest absolute Gasteiger partial charge is 0.0346 e. The number of hydrogen-bond donors (Lipinski definition) is 1. The van der Waals surface area contributed by atoms with Crippen molar-refractivity contribution in [1.82, 2.24) is 5.32 Å². The van der Waals surface area contributed by atoms with Crippen molar-refractivity contribution in [3.8, 4) is 11.1 Å². The Hall–Kier alpha value is -1.60. The Morgan fingerprint density at radius 1 is 0.900 bits per heavy atom. The molecule has 2 atom stereocenters. The topological polar surface area (TPSA) is 12.0 Å². The average Bonchev–Trinajstić information content (AvgIpc) is 3.34. The van der Waals surface area contributed by atoms with Crippen molar-refractivity contribution in [2.45, 2.75) is 25.8 Å². The highest BCUT2D eigenvalue weighted by Gasteiger charge is 2.33. The molecule has 1 saturated carbocycles. The lowest BCUT2D eigenvalue weighted by Gasteiger charge is -2.24. The molecule has 2 aromatic carbocycles. The van der Waals surface area contributed by atoms with Crippen LogP contribution in [0.5, 0.6) is 0 Å². The summed E-state index contributed by atoms with van der Waals surface area (Å²) in [6.45, 7) is 2.38. The molecule has 0 heterocycles. The average molecular weight is 265 g/mol. The van der Waals surface area contributed by atoms with Gasteiger partial charge < -0.3 is 5.32 Å². The van der Waals surface area contributed by atoms with Crippen LogP contribution in [0.2, 0.25) is 0 Å². The summed E-state index contributed by atoms with van der Waals surface area (Å²) < 4.78 is 0. The van der Waals surface area contributed by atoms with Gasteiger partial charge in [-0.1, -0.05) is 61.5 Å². The van der Waals surface area contributed by atoms with Crippen molar-refractivity contribution in [3.05, 3.63) is 60.2 Å². The molecular formula is C19H23N. The van der Waals surface area contributed by atoms with Gasteiger partial charge in [0.25, 0.3) is 0 Å².